The number of rotatable bonds is 0. The van der Waals surface area contributed by atoms with E-state index in [1.807, 2.05) is 0 Å². The zero-order valence-corrected chi connectivity index (χ0v) is 7.94. The molecule has 0 amide bonds. The fraction of sp³-hybridized carbons (Fsp3) is 0.800. The van der Waals surface area contributed by atoms with Crippen LogP contribution < -0.4 is 11.6 Å². The third kappa shape index (κ3) is 1.08. The summed E-state index contributed by atoms with van der Waals surface area (Å²) in [6, 6.07) is -0.111. The van der Waals surface area contributed by atoms with Gasteiger partial charge >= 0.3 is 5.17 Å². The summed E-state index contributed by atoms with van der Waals surface area (Å²) in [6.07, 6.45) is 0. The molecule has 0 radical (unpaired) electrons. The van der Waals surface area contributed by atoms with E-state index in [-0.39, 0.29) is 22.8 Å². The van der Waals surface area contributed by atoms with E-state index in [1.165, 1.54) is 16.4 Å². The maximum atomic E-state index is 11.2. The summed E-state index contributed by atoms with van der Waals surface area (Å²) >= 11 is 1.36. The number of nitrogens with zero attached hydrogens (tertiary/aromatic N) is 1. The summed E-state index contributed by atoms with van der Waals surface area (Å²) in [4.78, 5) is 0. The second-order valence-electron chi connectivity index (χ2n) is 3.05. The lowest BCUT2D eigenvalue weighted by Crippen LogP contribution is -2.37. The van der Waals surface area contributed by atoms with Crippen molar-refractivity contribution in [3.05, 3.63) is 0 Å². The maximum Gasteiger partial charge on any atom is 0.327 e. The van der Waals surface area contributed by atoms with Gasteiger partial charge in [0, 0.05) is 0 Å². The molecule has 0 spiro atoms. The standard InChI is InChI=1S/C5H9N3O2S2/c6-5-8(7)3-1-12(9,10)2-4(3)11-5/h3-4,6H,1-2,7H2/p+1/t3-,4+/m1/s1. The highest BCUT2D eigenvalue weighted by Gasteiger charge is 2.48. The molecule has 0 bridgehead atoms. The van der Waals surface area contributed by atoms with Crippen LogP contribution in [0.1, 0.15) is 0 Å². The van der Waals surface area contributed by atoms with Crippen LogP contribution in [0.3, 0.4) is 0 Å². The molecule has 0 aromatic heterocycles. The first-order valence-electron chi connectivity index (χ1n) is 3.53. The molecule has 0 aromatic rings. The quantitative estimate of drug-likeness (QED) is 0.358. The van der Waals surface area contributed by atoms with Crippen molar-refractivity contribution in [2.45, 2.75) is 11.3 Å². The van der Waals surface area contributed by atoms with Gasteiger partial charge in [-0.05, 0) is 11.8 Å². The minimum absolute atomic E-state index is 0.0417. The van der Waals surface area contributed by atoms with Gasteiger partial charge in [-0.25, -0.2) is 8.42 Å². The fourth-order valence-corrected chi connectivity index (χ4v) is 5.29. The van der Waals surface area contributed by atoms with Crippen molar-refractivity contribution in [1.82, 2.24) is 0 Å². The Kier molecular flexibility index (Phi) is 1.56. The summed E-state index contributed by atoms with van der Waals surface area (Å²) in [7, 11) is -2.87. The third-order valence-electron chi connectivity index (χ3n) is 2.16. The Morgan fingerprint density at radius 1 is 1.50 bits per heavy atom. The average molecular weight is 208 g/mol. The van der Waals surface area contributed by atoms with Crippen molar-refractivity contribution in [3.63, 3.8) is 0 Å². The number of thioether (sulfide) groups is 1. The summed E-state index contributed by atoms with van der Waals surface area (Å²) < 4.78 is 23.7. The molecule has 7 heteroatoms. The van der Waals surface area contributed by atoms with Gasteiger partial charge in [0.05, 0.1) is 16.8 Å². The minimum atomic E-state index is -2.87. The molecule has 0 aliphatic carbocycles. The van der Waals surface area contributed by atoms with Gasteiger partial charge in [0.25, 0.3) is 0 Å². The summed E-state index contributed by atoms with van der Waals surface area (Å²) in [5, 5.41) is 0.569. The van der Waals surface area contributed by atoms with Crippen LogP contribution >= 0.6 is 11.8 Å². The van der Waals surface area contributed by atoms with Gasteiger partial charge in [-0.15, -0.1) is 0 Å². The molecule has 2 heterocycles. The SMILES string of the molecule is NC1=[N+](N)[C@@H]2CS(=O)(=O)C[C@@H]2S1. The van der Waals surface area contributed by atoms with Crippen molar-refractivity contribution in [2.75, 3.05) is 11.5 Å². The first-order chi connectivity index (χ1) is 5.49. The Labute approximate surface area is 74.7 Å². The molecule has 0 saturated carbocycles. The van der Waals surface area contributed by atoms with Gasteiger partial charge in [-0.1, -0.05) is 0 Å². The zero-order chi connectivity index (χ0) is 8.93. The number of hydrogen-bond acceptors (Lipinski definition) is 5. The van der Waals surface area contributed by atoms with E-state index in [4.69, 9.17) is 11.6 Å². The molecule has 2 rings (SSSR count). The monoisotopic (exact) mass is 208 g/mol. The van der Waals surface area contributed by atoms with E-state index in [0.29, 0.717) is 5.17 Å². The van der Waals surface area contributed by atoms with Gasteiger partial charge in [-0.3, -0.25) is 11.6 Å². The minimum Gasteiger partial charge on any atom is -0.280 e. The largest absolute Gasteiger partial charge is 0.327 e. The van der Waals surface area contributed by atoms with Crippen molar-refractivity contribution < 1.29 is 13.1 Å². The Balaban J connectivity index is 2.32. The highest BCUT2D eigenvalue weighted by Crippen LogP contribution is 2.30. The number of nitrogens with two attached hydrogens (primary N) is 2. The van der Waals surface area contributed by atoms with Gasteiger partial charge in [0.15, 0.2) is 9.84 Å². The number of hydrazine groups is 1. The highest BCUT2D eigenvalue weighted by molar-refractivity contribution is 8.15. The first kappa shape index (κ1) is 8.18. The second kappa shape index (κ2) is 2.29. The van der Waals surface area contributed by atoms with Crippen molar-refractivity contribution in [3.8, 4) is 0 Å². The molecule has 0 aromatic carbocycles. The Bertz CT molecular complexity index is 348. The van der Waals surface area contributed by atoms with Crippen molar-refractivity contribution in [2.24, 2.45) is 11.6 Å². The fourth-order valence-electron chi connectivity index (χ4n) is 1.55. The molecular formula is C5H10N3O2S2+. The Hall–Kier alpha value is -0.430. The van der Waals surface area contributed by atoms with Gasteiger partial charge in [-0.2, -0.15) is 4.68 Å². The summed E-state index contributed by atoms with van der Waals surface area (Å²) in [6.45, 7) is 0. The van der Waals surface area contributed by atoms with E-state index in [0.717, 1.165) is 0 Å². The van der Waals surface area contributed by atoms with Gasteiger partial charge in [0.1, 0.15) is 6.04 Å². The van der Waals surface area contributed by atoms with Gasteiger partial charge in [0.2, 0.25) is 0 Å². The predicted octanol–water partition coefficient (Wildman–Crippen LogP) is -1.90. The van der Waals surface area contributed by atoms with Crippen LogP contribution in [0.4, 0.5) is 0 Å². The number of sulfone groups is 1. The van der Waals surface area contributed by atoms with Crippen LogP contribution in [0.2, 0.25) is 0 Å². The van der Waals surface area contributed by atoms with Crippen molar-refractivity contribution in [1.29, 1.82) is 0 Å². The average Bonchev–Trinajstić information content (AvgIpc) is 2.33. The van der Waals surface area contributed by atoms with E-state index in [2.05, 4.69) is 0 Å². The number of amidine groups is 1. The zero-order valence-electron chi connectivity index (χ0n) is 6.30. The molecule has 2 aliphatic rings. The molecule has 5 nitrogen and oxygen atoms in total. The molecule has 1 fully saturated rings. The van der Waals surface area contributed by atoms with Crippen LogP contribution in [0.5, 0.6) is 0 Å². The molecule has 2 aliphatic heterocycles. The molecule has 12 heavy (non-hydrogen) atoms. The van der Waals surface area contributed by atoms with E-state index in [9.17, 15) is 8.42 Å². The van der Waals surface area contributed by atoms with Crippen LogP contribution in [-0.4, -0.2) is 41.1 Å². The Morgan fingerprint density at radius 3 is 2.75 bits per heavy atom. The predicted molar refractivity (Wildman–Crippen MR) is 47.5 cm³/mol. The van der Waals surface area contributed by atoms with Crippen LogP contribution in [0, 0.1) is 0 Å². The van der Waals surface area contributed by atoms with Crippen LogP contribution in [0.25, 0.3) is 0 Å². The molecule has 2 atom stereocenters. The van der Waals surface area contributed by atoms with E-state index < -0.39 is 9.84 Å². The molecular weight excluding hydrogens is 198 g/mol. The Morgan fingerprint density at radius 2 is 2.17 bits per heavy atom. The van der Waals surface area contributed by atoms with E-state index >= 15 is 0 Å². The number of hydrazone groups is 1. The van der Waals surface area contributed by atoms with Crippen molar-refractivity contribution >= 4 is 26.8 Å². The smallest absolute Gasteiger partial charge is 0.280 e. The van der Waals surface area contributed by atoms with Crippen LogP contribution in [-0.2, 0) is 9.84 Å². The van der Waals surface area contributed by atoms with E-state index in [1.54, 1.807) is 0 Å². The molecule has 4 N–H and O–H groups in total. The topological polar surface area (TPSA) is 89.2 Å². The summed E-state index contributed by atoms with van der Waals surface area (Å²) in [5.74, 6) is 5.92. The van der Waals surface area contributed by atoms with Gasteiger partial charge < -0.3 is 0 Å². The lowest BCUT2D eigenvalue weighted by molar-refractivity contribution is -0.565. The number of hydrogen-bond donors (Lipinski definition) is 2. The molecule has 68 valence electrons. The molecule has 1 saturated heterocycles. The first-order valence-corrected chi connectivity index (χ1v) is 6.23. The lowest BCUT2D eigenvalue weighted by Gasteiger charge is -2.02. The normalized spacial score (nSPS) is 38.7. The number of fused-ring (bicyclic) bond motifs is 1. The highest BCUT2D eigenvalue weighted by atomic mass is 32.2. The second-order valence-corrected chi connectivity index (χ2v) is 6.46. The third-order valence-corrected chi connectivity index (χ3v) is 5.32. The molecule has 0 unspecified atom stereocenters. The lowest BCUT2D eigenvalue weighted by atomic mass is 10.3. The van der Waals surface area contributed by atoms with Crippen LogP contribution in [0.15, 0.2) is 0 Å². The maximum absolute atomic E-state index is 11.2. The summed E-state index contributed by atoms with van der Waals surface area (Å²) in [5.41, 5.74) is 5.54.